The molecule has 0 spiro atoms. The molecule has 0 fully saturated rings. The van der Waals surface area contributed by atoms with Crippen LogP contribution in [0.2, 0.25) is 0 Å². The van der Waals surface area contributed by atoms with E-state index in [2.05, 4.69) is 15.0 Å². The van der Waals surface area contributed by atoms with E-state index in [9.17, 15) is 4.79 Å². The quantitative estimate of drug-likeness (QED) is 0.681. The summed E-state index contributed by atoms with van der Waals surface area (Å²) in [5, 5.41) is 0. The van der Waals surface area contributed by atoms with Crippen LogP contribution in [0, 0.1) is 0 Å². The van der Waals surface area contributed by atoms with Crippen LogP contribution in [-0.4, -0.2) is 26.5 Å². The topological polar surface area (TPSA) is 91.0 Å². The number of esters is 1. The number of hydrogen-bond acceptors (Lipinski definition) is 6. The summed E-state index contributed by atoms with van der Waals surface area (Å²) in [6, 6.07) is 5.33. The molecule has 0 saturated carbocycles. The van der Waals surface area contributed by atoms with Gasteiger partial charge in [0.1, 0.15) is 17.1 Å². The first-order valence-corrected chi connectivity index (χ1v) is 5.90. The molecule has 2 aromatic heterocycles. The van der Waals surface area contributed by atoms with E-state index in [1.807, 2.05) is 0 Å². The number of alkyl halides is 1. The third-order valence-corrected chi connectivity index (χ3v) is 2.29. The predicted molar refractivity (Wildman–Crippen MR) is 70.4 cm³/mol. The van der Waals surface area contributed by atoms with Gasteiger partial charge >= 0.3 is 5.97 Å². The van der Waals surface area contributed by atoms with Crippen LogP contribution in [0.1, 0.15) is 17.3 Å². The molecule has 19 heavy (non-hydrogen) atoms. The highest BCUT2D eigenvalue weighted by atomic mass is 35.5. The Morgan fingerprint density at radius 3 is 2.79 bits per heavy atom. The minimum absolute atomic E-state index is 0.0259. The van der Waals surface area contributed by atoms with Gasteiger partial charge in [-0.25, -0.2) is 14.8 Å². The first kappa shape index (κ1) is 13.2. The number of nitrogen functional groups attached to an aromatic ring is 1. The number of nitrogens with zero attached hydrogens (tertiary/aromatic N) is 3. The lowest BCUT2D eigenvalue weighted by atomic mass is 10.3. The molecule has 7 heteroatoms. The summed E-state index contributed by atoms with van der Waals surface area (Å²) in [7, 11) is 0. The molecule has 1 unspecified atom stereocenters. The summed E-state index contributed by atoms with van der Waals surface area (Å²) in [5.41, 5.74) is 5.61. The Morgan fingerprint density at radius 2 is 2.21 bits per heavy atom. The van der Waals surface area contributed by atoms with Gasteiger partial charge in [-0.2, -0.15) is 0 Å². The van der Waals surface area contributed by atoms with Crippen molar-refractivity contribution in [3.8, 4) is 11.5 Å². The Kier molecular flexibility index (Phi) is 3.91. The summed E-state index contributed by atoms with van der Waals surface area (Å²) in [4.78, 5) is 23.8. The fourth-order valence-corrected chi connectivity index (χ4v) is 1.46. The van der Waals surface area contributed by atoms with Gasteiger partial charge in [-0.15, -0.1) is 0 Å². The summed E-state index contributed by atoms with van der Waals surface area (Å²) in [6.45, 7) is 1.53. The summed E-state index contributed by atoms with van der Waals surface area (Å²) in [5.74, 6) is -0.292. The summed E-state index contributed by atoms with van der Waals surface area (Å²) >= 11 is 5.57. The maximum Gasteiger partial charge on any atom is 0.344 e. The zero-order valence-electron chi connectivity index (χ0n) is 10.1. The number of ether oxygens (including phenoxy) is 1. The lowest BCUT2D eigenvalue weighted by Crippen LogP contribution is -2.14. The van der Waals surface area contributed by atoms with Crippen LogP contribution in [0.3, 0.4) is 0 Å². The summed E-state index contributed by atoms with van der Waals surface area (Å²) in [6.07, 6.45) is 2.92. The van der Waals surface area contributed by atoms with Gasteiger partial charge in [0.05, 0.1) is 0 Å². The molecular formula is C12H11ClN4O2. The standard InChI is InChI=1S/C12H11ClN4O2/c1-7(13)19-12(18)8-6-16-11(17-10(8)14)9-4-2-3-5-15-9/h2-7H,1H3,(H2,14,16,17). The molecule has 2 heterocycles. The van der Waals surface area contributed by atoms with E-state index in [1.54, 1.807) is 24.4 Å². The van der Waals surface area contributed by atoms with Crippen molar-refractivity contribution in [1.29, 1.82) is 0 Å². The average Bonchev–Trinajstić information content (AvgIpc) is 2.38. The van der Waals surface area contributed by atoms with Gasteiger partial charge in [-0.1, -0.05) is 17.7 Å². The normalized spacial score (nSPS) is 11.9. The third kappa shape index (κ3) is 3.17. The van der Waals surface area contributed by atoms with Crippen LogP contribution in [0.15, 0.2) is 30.6 Å². The maximum atomic E-state index is 11.6. The van der Waals surface area contributed by atoms with E-state index in [0.29, 0.717) is 11.5 Å². The van der Waals surface area contributed by atoms with Crippen LogP contribution in [0.25, 0.3) is 11.5 Å². The van der Waals surface area contributed by atoms with E-state index >= 15 is 0 Å². The number of halogens is 1. The maximum absolute atomic E-state index is 11.6. The third-order valence-electron chi connectivity index (χ3n) is 2.20. The molecule has 0 aliphatic heterocycles. The van der Waals surface area contributed by atoms with Crippen molar-refractivity contribution >= 4 is 23.4 Å². The Balaban J connectivity index is 2.30. The lowest BCUT2D eigenvalue weighted by Gasteiger charge is -2.08. The minimum Gasteiger partial charge on any atom is -0.443 e. The summed E-state index contributed by atoms with van der Waals surface area (Å²) < 4.78 is 4.81. The highest BCUT2D eigenvalue weighted by Crippen LogP contribution is 2.16. The molecule has 2 rings (SSSR count). The minimum atomic E-state index is -0.748. The van der Waals surface area contributed by atoms with Crippen molar-refractivity contribution in [1.82, 2.24) is 15.0 Å². The molecule has 2 aromatic rings. The van der Waals surface area contributed by atoms with Gasteiger partial charge in [0.2, 0.25) is 0 Å². The van der Waals surface area contributed by atoms with E-state index in [4.69, 9.17) is 22.1 Å². The van der Waals surface area contributed by atoms with Crippen LogP contribution in [0.4, 0.5) is 5.82 Å². The Morgan fingerprint density at radius 1 is 1.42 bits per heavy atom. The molecule has 2 N–H and O–H groups in total. The molecule has 0 aliphatic rings. The molecule has 0 amide bonds. The Bertz CT molecular complexity index is 590. The Hall–Kier alpha value is -2.21. The number of pyridine rings is 1. The van der Waals surface area contributed by atoms with Gasteiger partial charge < -0.3 is 10.5 Å². The van der Waals surface area contributed by atoms with Gasteiger partial charge in [0.25, 0.3) is 0 Å². The number of carbonyl (C=O) groups excluding carboxylic acids is 1. The number of aromatic nitrogens is 3. The number of hydrogen-bond donors (Lipinski definition) is 1. The van der Waals surface area contributed by atoms with Crippen molar-refractivity contribution in [3.63, 3.8) is 0 Å². The molecule has 0 bridgehead atoms. The Labute approximate surface area is 114 Å². The van der Waals surface area contributed by atoms with Crippen LogP contribution in [0.5, 0.6) is 0 Å². The fourth-order valence-electron chi connectivity index (χ4n) is 1.38. The molecule has 98 valence electrons. The molecular weight excluding hydrogens is 268 g/mol. The van der Waals surface area contributed by atoms with Crippen molar-refractivity contribution in [2.75, 3.05) is 5.73 Å². The van der Waals surface area contributed by atoms with Gasteiger partial charge in [-0.05, 0) is 19.1 Å². The molecule has 6 nitrogen and oxygen atoms in total. The van der Waals surface area contributed by atoms with Crippen LogP contribution < -0.4 is 5.73 Å². The zero-order valence-corrected chi connectivity index (χ0v) is 10.8. The fraction of sp³-hybridized carbons (Fsp3) is 0.167. The highest BCUT2D eigenvalue weighted by molar-refractivity contribution is 6.20. The molecule has 1 atom stereocenters. The first-order valence-electron chi connectivity index (χ1n) is 5.47. The van der Waals surface area contributed by atoms with Gasteiger partial charge in [0, 0.05) is 12.4 Å². The van der Waals surface area contributed by atoms with E-state index in [0.717, 1.165) is 0 Å². The second kappa shape index (κ2) is 5.62. The predicted octanol–water partition coefficient (Wildman–Crippen LogP) is 1.86. The van der Waals surface area contributed by atoms with Crippen LogP contribution in [-0.2, 0) is 4.74 Å². The lowest BCUT2D eigenvalue weighted by molar-refractivity contribution is 0.0472. The number of anilines is 1. The number of nitrogens with two attached hydrogens (primary N) is 1. The number of rotatable bonds is 3. The largest absolute Gasteiger partial charge is 0.443 e. The smallest absolute Gasteiger partial charge is 0.344 e. The monoisotopic (exact) mass is 278 g/mol. The van der Waals surface area contributed by atoms with E-state index in [-0.39, 0.29) is 11.4 Å². The van der Waals surface area contributed by atoms with E-state index < -0.39 is 11.5 Å². The molecule has 0 saturated heterocycles. The molecule has 0 aliphatic carbocycles. The van der Waals surface area contributed by atoms with Crippen molar-refractivity contribution in [2.24, 2.45) is 0 Å². The van der Waals surface area contributed by atoms with Crippen molar-refractivity contribution in [3.05, 3.63) is 36.2 Å². The van der Waals surface area contributed by atoms with Gasteiger partial charge in [0.15, 0.2) is 11.4 Å². The average molecular weight is 279 g/mol. The highest BCUT2D eigenvalue weighted by Gasteiger charge is 2.16. The van der Waals surface area contributed by atoms with Crippen molar-refractivity contribution in [2.45, 2.75) is 12.5 Å². The van der Waals surface area contributed by atoms with Crippen LogP contribution >= 0.6 is 11.6 Å². The number of carbonyl (C=O) groups is 1. The SMILES string of the molecule is CC(Cl)OC(=O)c1cnc(-c2ccccn2)nc1N. The van der Waals surface area contributed by atoms with Crippen molar-refractivity contribution < 1.29 is 9.53 Å². The molecule has 0 radical (unpaired) electrons. The van der Waals surface area contributed by atoms with Gasteiger partial charge in [-0.3, -0.25) is 4.98 Å². The van der Waals surface area contributed by atoms with E-state index in [1.165, 1.54) is 13.1 Å². The second-order valence-corrected chi connectivity index (χ2v) is 4.27. The molecule has 0 aromatic carbocycles. The first-order chi connectivity index (χ1) is 9.08. The second-order valence-electron chi connectivity index (χ2n) is 3.66. The zero-order chi connectivity index (χ0) is 13.8.